The summed E-state index contributed by atoms with van der Waals surface area (Å²) in [6, 6.07) is 8.70. The van der Waals surface area contributed by atoms with Crippen LogP contribution in [0.2, 0.25) is 0 Å². The van der Waals surface area contributed by atoms with Crippen molar-refractivity contribution in [3.05, 3.63) is 41.3 Å². The predicted molar refractivity (Wildman–Crippen MR) is 114 cm³/mol. The van der Waals surface area contributed by atoms with Gasteiger partial charge in [0.05, 0.1) is 18.1 Å². The van der Waals surface area contributed by atoms with Gasteiger partial charge in [0.2, 0.25) is 0 Å². The Hall–Kier alpha value is -2.54. The number of allylic oxidation sites excluding steroid dienone is 1. The molecule has 0 radical (unpaired) electrons. The second-order valence-corrected chi connectivity index (χ2v) is 8.17. The molecule has 1 amide bonds. The van der Waals surface area contributed by atoms with Crippen LogP contribution in [0, 0.1) is 0 Å². The van der Waals surface area contributed by atoms with E-state index >= 15 is 0 Å². The van der Waals surface area contributed by atoms with E-state index in [4.69, 9.17) is 4.74 Å². The topological polar surface area (TPSA) is 59.7 Å². The van der Waals surface area contributed by atoms with Crippen LogP contribution in [-0.2, 0) is 4.74 Å². The number of amides is 1. The summed E-state index contributed by atoms with van der Waals surface area (Å²) in [4.78, 5) is 29.2. The fourth-order valence-electron chi connectivity index (χ4n) is 4.94. The molecule has 2 aromatic rings. The van der Waals surface area contributed by atoms with Gasteiger partial charge in [0.1, 0.15) is 0 Å². The summed E-state index contributed by atoms with van der Waals surface area (Å²) in [6.45, 7) is 9.34. The molecule has 0 N–H and O–H groups in total. The zero-order valence-corrected chi connectivity index (χ0v) is 17.3. The molecule has 0 spiro atoms. The van der Waals surface area contributed by atoms with E-state index in [0.717, 1.165) is 68.6 Å². The van der Waals surface area contributed by atoms with Gasteiger partial charge in [0, 0.05) is 44.0 Å². The molecular weight excluding hydrogens is 368 g/mol. The van der Waals surface area contributed by atoms with Gasteiger partial charge in [0.15, 0.2) is 0 Å². The van der Waals surface area contributed by atoms with E-state index in [0.29, 0.717) is 6.04 Å². The Bertz CT molecular complexity index is 960. The van der Waals surface area contributed by atoms with E-state index in [1.54, 1.807) is 9.47 Å². The van der Waals surface area contributed by atoms with Crippen molar-refractivity contribution in [1.29, 1.82) is 0 Å². The maximum atomic E-state index is 13.1. The van der Waals surface area contributed by atoms with Crippen LogP contribution in [0.3, 0.4) is 0 Å². The second kappa shape index (κ2) is 8.06. The van der Waals surface area contributed by atoms with Gasteiger partial charge in [-0.3, -0.25) is 9.13 Å². The number of carbonyl (C=O) groups excluding carboxylic acids is 1. The number of piperidine rings is 2. The van der Waals surface area contributed by atoms with Crippen LogP contribution in [0.15, 0.2) is 35.6 Å². The zero-order valence-electron chi connectivity index (χ0n) is 17.3. The van der Waals surface area contributed by atoms with Crippen molar-refractivity contribution >= 4 is 22.8 Å². The lowest BCUT2D eigenvalue weighted by atomic mass is 9.97. The fourth-order valence-corrected chi connectivity index (χ4v) is 4.94. The van der Waals surface area contributed by atoms with Gasteiger partial charge < -0.3 is 14.5 Å². The number of nitrogens with zero attached hydrogens (tertiary/aromatic N) is 4. The Morgan fingerprint density at radius 2 is 1.59 bits per heavy atom. The van der Waals surface area contributed by atoms with E-state index in [1.165, 1.54) is 7.11 Å². The van der Waals surface area contributed by atoms with E-state index in [9.17, 15) is 9.59 Å². The largest absolute Gasteiger partial charge is 0.453 e. The number of fused-ring (bicyclic) bond motifs is 1. The van der Waals surface area contributed by atoms with Crippen molar-refractivity contribution in [2.75, 3.05) is 33.3 Å². The number of likely N-dealkylation sites (tertiary alicyclic amines) is 2. The summed E-state index contributed by atoms with van der Waals surface area (Å²) in [5.74, 6) is 0. The van der Waals surface area contributed by atoms with E-state index in [1.807, 2.05) is 35.8 Å². The number of para-hydroxylation sites is 2. The summed E-state index contributed by atoms with van der Waals surface area (Å²) in [7, 11) is 1.44. The molecular formula is C22H30N4O3. The Morgan fingerprint density at radius 1 is 1.00 bits per heavy atom. The molecule has 2 fully saturated rings. The molecule has 29 heavy (non-hydrogen) atoms. The molecule has 156 valence electrons. The molecule has 0 unspecified atom stereocenters. The first-order chi connectivity index (χ1) is 14.0. The maximum Gasteiger partial charge on any atom is 0.409 e. The molecule has 1 aromatic heterocycles. The zero-order chi connectivity index (χ0) is 20.5. The van der Waals surface area contributed by atoms with Gasteiger partial charge in [-0.05, 0) is 44.7 Å². The number of carbonyl (C=O) groups is 1. The Balaban J connectivity index is 1.46. The predicted octanol–water partition coefficient (Wildman–Crippen LogP) is 3.16. The van der Waals surface area contributed by atoms with Crippen molar-refractivity contribution in [2.24, 2.45) is 0 Å². The van der Waals surface area contributed by atoms with Crippen molar-refractivity contribution in [3.63, 3.8) is 0 Å². The molecule has 3 heterocycles. The van der Waals surface area contributed by atoms with Gasteiger partial charge in [-0.2, -0.15) is 0 Å². The molecule has 0 atom stereocenters. The first kappa shape index (κ1) is 19.8. The number of benzene rings is 1. The first-order valence-electron chi connectivity index (χ1n) is 10.5. The number of rotatable bonds is 3. The van der Waals surface area contributed by atoms with Gasteiger partial charge >= 0.3 is 11.8 Å². The summed E-state index contributed by atoms with van der Waals surface area (Å²) >= 11 is 0. The van der Waals surface area contributed by atoms with Crippen LogP contribution in [0.5, 0.6) is 0 Å². The van der Waals surface area contributed by atoms with Crippen LogP contribution >= 0.6 is 0 Å². The molecule has 2 saturated heterocycles. The minimum Gasteiger partial charge on any atom is -0.453 e. The summed E-state index contributed by atoms with van der Waals surface area (Å²) in [6.07, 6.45) is 3.65. The summed E-state index contributed by atoms with van der Waals surface area (Å²) in [5, 5.41) is 0. The van der Waals surface area contributed by atoms with E-state index in [2.05, 4.69) is 11.5 Å². The summed E-state index contributed by atoms with van der Waals surface area (Å²) < 4.78 is 8.53. The SMILES string of the molecule is C=C(C)n1c(=O)n(C2CCN(C3CCN(C(=O)OC)CC3)CC2)c2ccccc21. The molecule has 7 nitrogen and oxygen atoms in total. The highest BCUT2D eigenvalue weighted by molar-refractivity contribution is 5.79. The number of imidazole rings is 1. The highest BCUT2D eigenvalue weighted by Gasteiger charge is 2.31. The van der Waals surface area contributed by atoms with Gasteiger partial charge in [-0.25, -0.2) is 9.59 Å². The van der Waals surface area contributed by atoms with Crippen molar-refractivity contribution < 1.29 is 9.53 Å². The lowest BCUT2D eigenvalue weighted by molar-refractivity contribution is 0.0686. The molecule has 0 bridgehead atoms. The molecule has 0 aliphatic carbocycles. The van der Waals surface area contributed by atoms with Crippen LogP contribution < -0.4 is 5.69 Å². The molecule has 4 rings (SSSR count). The fraction of sp³-hybridized carbons (Fsp3) is 0.545. The summed E-state index contributed by atoms with van der Waals surface area (Å²) in [5.41, 5.74) is 2.69. The highest BCUT2D eigenvalue weighted by atomic mass is 16.5. The third kappa shape index (κ3) is 3.59. The van der Waals surface area contributed by atoms with Crippen LogP contribution in [0.1, 0.15) is 38.6 Å². The standard InChI is InChI=1S/C22H30N4O3/c1-16(2)25-19-6-4-5-7-20(19)26(21(25)27)18-10-12-23(13-11-18)17-8-14-24(15-9-17)22(28)29-3/h4-7,17-18H,1,8-15H2,2-3H3. The van der Waals surface area contributed by atoms with Gasteiger partial charge in [-0.1, -0.05) is 18.7 Å². The molecule has 0 saturated carbocycles. The number of methoxy groups -OCH3 is 1. The normalized spacial score (nSPS) is 19.6. The third-order valence-corrected chi connectivity index (χ3v) is 6.44. The molecule has 7 heteroatoms. The molecule has 1 aromatic carbocycles. The highest BCUT2D eigenvalue weighted by Crippen LogP contribution is 2.29. The van der Waals surface area contributed by atoms with Gasteiger partial charge in [-0.15, -0.1) is 0 Å². The van der Waals surface area contributed by atoms with Gasteiger partial charge in [0.25, 0.3) is 0 Å². The lowest BCUT2D eigenvalue weighted by Crippen LogP contribution is -2.49. The van der Waals surface area contributed by atoms with Crippen molar-refractivity contribution in [1.82, 2.24) is 18.9 Å². The smallest absolute Gasteiger partial charge is 0.409 e. The van der Waals surface area contributed by atoms with Crippen LogP contribution in [-0.4, -0.2) is 64.4 Å². The Kier molecular flexibility index (Phi) is 5.50. The number of ether oxygens (including phenoxy) is 1. The lowest BCUT2D eigenvalue weighted by Gasteiger charge is -2.41. The third-order valence-electron chi connectivity index (χ3n) is 6.44. The monoisotopic (exact) mass is 398 g/mol. The van der Waals surface area contributed by atoms with Crippen molar-refractivity contribution in [2.45, 2.75) is 44.7 Å². The van der Waals surface area contributed by atoms with Crippen LogP contribution in [0.4, 0.5) is 4.79 Å². The van der Waals surface area contributed by atoms with E-state index < -0.39 is 0 Å². The Morgan fingerprint density at radius 3 is 2.17 bits per heavy atom. The average molecular weight is 399 g/mol. The van der Waals surface area contributed by atoms with Crippen molar-refractivity contribution in [3.8, 4) is 0 Å². The van der Waals surface area contributed by atoms with E-state index in [-0.39, 0.29) is 17.8 Å². The molecule has 2 aliphatic rings. The number of aromatic nitrogens is 2. The minimum atomic E-state index is -0.226. The quantitative estimate of drug-likeness (QED) is 0.797. The maximum absolute atomic E-state index is 13.1. The number of hydrogen-bond donors (Lipinski definition) is 0. The number of hydrogen-bond acceptors (Lipinski definition) is 4. The Labute approximate surface area is 171 Å². The first-order valence-corrected chi connectivity index (χ1v) is 10.5. The molecule has 2 aliphatic heterocycles. The minimum absolute atomic E-state index is 0.0172. The second-order valence-electron chi connectivity index (χ2n) is 8.17. The average Bonchev–Trinajstić information content (AvgIpc) is 3.05. The van der Waals surface area contributed by atoms with Crippen LogP contribution in [0.25, 0.3) is 16.7 Å².